The van der Waals surface area contributed by atoms with Crippen LogP contribution in [0.1, 0.15) is 31.4 Å². The summed E-state index contributed by atoms with van der Waals surface area (Å²) in [6, 6.07) is 24.3. The Labute approximate surface area is 165 Å². The first kappa shape index (κ1) is 16.0. The average molecular weight is 365 g/mol. The van der Waals surface area contributed by atoms with Crippen LogP contribution in [-0.2, 0) is 5.41 Å². The minimum Gasteiger partial charge on any atom is -0.456 e. The molecule has 0 N–H and O–H groups in total. The van der Waals surface area contributed by atoms with Crippen LogP contribution in [0.15, 0.2) is 76.7 Å². The van der Waals surface area contributed by atoms with Crippen molar-refractivity contribution in [3.8, 4) is 0 Å². The van der Waals surface area contributed by atoms with Gasteiger partial charge in [0.2, 0.25) is 0 Å². The Morgan fingerprint density at radius 2 is 1.68 bits per heavy atom. The van der Waals surface area contributed by atoms with Crippen LogP contribution < -0.4 is 4.90 Å². The number of hydrogen-bond donors (Lipinski definition) is 0. The van der Waals surface area contributed by atoms with Gasteiger partial charge in [0.25, 0.3) is 0 Å². The van der Waals surface area contributed by atoms with Crippen LogP contribution in [0, 0.1) is 0 Å². The summed E-state index contributed by atoms with van der Waals surface area (Å²) in [4.78, 5) is 2.48. The van der Waals surface area contributed by atoms with E-state index in [0.717, 1.165) is 17.6 Å². The third kappa shape index (κ3) is 1.88. The summed E-state index contributed by atoms with van der Waals surface area (Å²) in [5.41, 5.74) is 9.22. The highest BCUT2D eigenvalue weighted by Gasteiger charge is 2.52. The van der Waals surface area contributed by atoms with E-state index in [1.54, 1.807) is 0 Å². The van der Waals surface area contributed by atoms with Gasteiger partial charge in [-0.15, -0.1) is 0 Å². The molecule has 3 aromatic carbocycles. The summed E-state index contributed by atoms with van der Waals surface area (Å²) in [6.45, 7) is 4.75. The molecule has 2 atom stereocenters. The third-order valence-corrected chi connectivity index (χ3v) is 6.94. The number of furan rings is 1. The minimum absolute atomic E-state index is 0.137. The molecule has 2 nitrogen and oxygen atoms in total. The monoisotopic (exact) mass is 365 g/mol. The van der Waals surface area contributed by atoms with Crippen LogP contribution in [0.5, 0.6) is 0 Å². The van der Waals surface area contributed by atoms with Crippen molar-refractivity contribution in [2.24, 2.45) is 0 Å². The molecule has 0 fully saturated rings. The van der Waals surface area contributed by atoms with E-state index in [1.807, 2.05) is 12.1 Å². The number of benzene rings is 3. The summed E-state index contributed by atoms with van der Waals surface area (Å²) in [7, 11) is 2.25. The van der Waals surface area contributed by atoms with E-state index < -0.39 is 0 Å². The smallest absolute Gasteiger partial charge is 0.135 e. The van der Waals surface area contributed by atoms with Crippen molar-refractivity contribution in [2.45, 2.75) is 31.7 Å². The van der Waals surface area contributed by atoms with Gasteiger partial charge in [0, 0.05) is 28.9 Å². The van der Waals surface area contributed by atoms with Gasteiger partial charge in [0.15, 0.2) is 0 Å². The number of allylic oxidation sites excluding steroid dienone is 1. The molecule has 2 heteroatoms. The maximum atomic E-state index is 6.05. The largest absolute Gasteiger partial charge is 0.456 e. The average Bonchev–Trinajstić information content (AvgIpc) is 3.28. The number of nitrogens with zero attached hydrogens (tertiary/aromatic N) is 1. The molecule has 2 aliphatic rings. The van der Waals surface area contributed by atoms with Gasteiger partial charge in [-0.1, -0.05) is 55.0 Å². The van der Waals surface area contributed by atoms with Crippen LogP contribution in [0.2, 0.25) is 0 Å². The van der Waals surface area contributed by atoms with E-state index >= 15 is 0 Å². The summed E-state index contributed by atoms with van der Waals surface area (Å²) in [5.74, 6) is 0. The van der Waals surface area contributed by atoms with E-state index in [1.165, 1.54) is 38.7 Å². The second-order valence-electron chi connectivity index (χ2n) is 8.63. The molecular formula is C26H23NO. The van der Waals surface area contributed by atoms with Crippen LogP contribution in [0.25, 0.3) is 27.5 Å². The lowest BCUT2D eigenvalue weighted by Gasteiger charge is -2.31. The van der Waals surface area contributed by atoms with Crippen LogP contribution >= 0.6 is 0 Å². The van der Waals surface area contributed by atoms with Gasteiger partial charge < -0.3 is 9.32 Å². The zero-order chi connectivity index (χ0) is 19.0. The molecule has 0 bridgehead atoms. The third-order valence-electron chi connectivity index (χ3n) is 6.94. The molecular weight excluding hydrogens is 342 g/mol. The van der Waals surface area contributed by atoms with Crippen molar-refractivity contribution >= 4 is 33.2 Å². The zero-order valence-electron chi connectivity index (χ0n) is 16.5. The second kappa shape index (κ2) is 5.29. The first-order chi connectivity index (χ1) is 13.6. The van der Waals surface area contributed by atoms with Crippen LogP contribution in [0.3, 0.4) is 0 Å². The molecule has 6 rings (SSSR count). The summed E-state index contributed by atoms with van der Waals surface area (Å²) >= 11 is 0. The molecule has 0 spiro atoms. The topological polar surface area (TPSA) is 16.4 Å². The first-order valence-electron chi connectivity index (χ1n) is 10.0. The highest BCUT2D eigenvalue weighted by molar-refractivity contribution is 6.06. The van der Waals surface area contributed by atoms with Crippen LogP contribution in [0.4, 0.5) is 5.69 Å². The molecule has 28 heavy (non-hydrogen) atoms. The van der Waals surface area contributed by atoms with Gasteiger partial charge in [0.05, 0.1) is 6.04 Å². The fraction of sp³-hybridized carbons (Fsp3) is 0.231. The van der Waals surface area contributed by atoms with Crippen LogP contribution in [-0.4, -0.2) is 13.1 Å². The first-order valence-corrected chi connectivity index (χ1v) is 10.0. The Balaban J connectivity index is 1.55. The predicted octanol–water partition coefficient (Wildman–Crippen LogP) is 6.54. The number of para-hydroxylation sites is 2. The molecule has 1 aliphatic heterocycles. The fourth-order valence-corrected chi connectivity index (χ4v) is 5.86. The van der Waals surface area contributed by atoms with E-state index in [0.29, 0.717) is 6.04 Å². The predicted molar refractivity (Wildman–Crippen MR) is 117 cm³/mol. The van der Waals surface area contributed by atoms with Gasteiger partial charge in [-0.2, -0.15) is 0 Å². The normalized spacial score (nSPS) is 23.7. The van der Waals surface area contributed by atoms with Crippen molar-refractivity contribution in [3.05, 3.63) is 83.4 Å². The van der Waals surface area contributed by atoms with Crippen molar-refractivity contribution in [1.82, 2.24) is 0 Å². The Kier molecular flexibility index (Phi) is 3.02. The number of likely N-dealkylation sites (N-methyl/N-ethyl adjacent to an activating group) is 1. The highest BCUT2D eigenvalue weighted by atomic mass is 16.3. The second-order valence-corrected chi connectivity index (χ2v) is 8.63. The Morgan fingerprint density at radius 1 is 0.929 bits per heavy atom. The van der Waals surface area contributed by atoms with Gasteiger partial charge in [-0.25, -0.2) is 0 Å². The lowest BCUT2D eigenvalue weighted by molar-refractivity contribution is 0.474. The van der Waals surface area contributed by atoms with E-state index in [4.69, 9.17) is 4.42 Å². The summed E-state index contributed by atoms with van der Waals surface area (Å²) < 4.78 is 6.05. The molecule has 138 valence electrons. The lowest BCUT2D eigenvalue weighted by Crippen LogP contribution is -2.38. The van der Waals surface area contributed by atoms with E-state index in [-0.39, 0.29) is 5.41 Å². The number of fused-ring (bicyclic) bond motifs is 6. The summed E-state index contributed by atoms with van der Waals surface area (Å²) in [5, 5.41) is 2.40. The van der Waals surface area contributed by atoms with Gasteiger partial charge in [-0.05, 0) is 54.3 Å². The van der Waals surface area contributed by atoms with Gasteiger partial charge >= 0.3 is 0 Å². The van der Waals surface area contributed by atoms with Crippen molar-refractivity contribution < 1.29 is 4.42 Å². The molecule has 1 aromatic heterocycles. The maximum Gasteiger partial charge on any atom is 0.135 e. The molecule has 2 heterocycles. The van der Waals surface area contributed by atoms with Gasteiger partial charge in [0.1, 0.15) is 11.2 Å². The highest BCUT2D eigenvalue weighted by Crippen LogP contribution is 2.57. The quantitative estimate of drug-likeness (QED) is 0.381. The summed E-state index contributed by atoms with van der Waals surface area (Å²) in [6.07, 6.45) is 1.11. The SMILES string of the molecule is CC1=C(c2ccc3oc4ccccc4c3c2)[C@@H]2N(C)c3ccccc3[C@]2(C)C1. The molecule has 0 unspecified atom stereocenters. The number of anilines is 1. The minimum atomic E-state index is 0.137. The molecule has 4 aromatic rings. The van der Waals surface area contributed by atoms with Crippen molar-refractivity contribution in [2.75, 3.05) is 11.9 Å². The Morgan fingerprint density at radius 3 is 2.57 bits per heavy atom. The molecule has 0 saturated heterocycles. The van der Waals surface area contributed by atoms with Crippen molar-refractivity contribution in [1.29, 1.82) is 0 Å². The fourth-order valence-electron chi connectivity index (χ4n) is 5.86. The molecule has 1 aliphatic carbocycles. The van der Waals surface area contributed by atoms with Gasteiger partial charge in [-0.3, -0.25) is 0 Å². The lowest BCUT2D eigenvalue weighted by atomic mass is 9.77. The van der Waals surface area contributed by atoms with E-state index in [9.17, 15) is 0 Å². The molecule has 0 radical (unpaired) electrons. The standard InChI is InChI=1S/C26H23NO/c1-16-15-26(2)20-9-5-6-10-21(20)27(3)25(26)24(16)17-12-13-23-19(14-17)18-8-4-7-11-22(18)28-23/h4-14,25H,15H2,1-3H3/t25-,26-/m0/s1. The number of rotatable bonds is 1. The zero-order valence-corrected chi connectivity index (χ0v) is 16.5. The maximum absolute atomic E-state index is 6.05. The Bertz CT molecular complexity index is 1290. The molecule has 0 saturated carbocycles. The van der Waals surface area contributed by atoms with Crippen molar-refractivity contribution in [3.63, 3.8) is 0 Å². The Hall–Kier alpha value is -3.00. The molecule has 0 amide bonds. The number of hydrogen-bond acceptors (Lipinski definition) is 2. The van der Waals surface area contributed by atoms with E-state index in [2.05, 4.69) is 80.4 Å².